The lowest BCUT2D eigenvalue weighted by molar-refractivity contribution is -0.166. The second-order valence-electron chi connectivity index (χ2n) is 4.57. The molecule has 104 valence electrons. The first kappa shape index (κ1) is 13.6. The average Bonchev–Trinajstić information content (AvgIpc) is 3.04. The van der Waals surface area contributed by atoms with E-state index in [9.17, 15) is 14.7 Å². The lowest BCUT2D eigenvalue weighted by atomic mass is 10.0. The molecule has 0 saturated heterocycles. The maximum Gasteiger partial charge on any atom is 0.373 e. The minimum absolute atomic E-state index is 0.0492. The lowest BCUT2D eigenvalue weighted by Gasteiger charge is -2.19. The maximum atomic E-state index is 11.7. The molecule has 1 fully saturated rings. The van der Waals surface area contributed by atoms with Gasteiger partial charge in [-0.05, 0) is 37.8 Å². The number of carbonyl (C=O) groups excluding carboxylic acids is 2. The zero-order valence-corrected chi connectivity index (χ0v) is 10.7. The summed E-state index contributed by atoms with van der Waals surface area (Å²) in [6.07, 6.45) is 2.49. The largest absolute Gasteiger partial charge is 0.463 e. The van der Waals surface area contributed by atoms with Gasteiger partial charge in [0, 0.05) is 0 Å². The Bertz CT molecular complexity index is 469. The summed E-state index contributed by atoms with van der Waals surface area (Å²) in [7, 11) is 1.25. The van der Waals surface area contributed by atoms with Gasteiger partial charge in [0.2, 0.25) is 5.76 Å². The molecule has 0 bridgehead atoms. The Morgan fingerprint density at radius 1 is 1.37 bits per heavy atom. The van der Waals surface area contributed by atoms with Crippen LogP contribution in [0.2, 0.25) is 0 Å². The lowest BCUT2D eigenvalue weighted by Crippen LogP contribution is -2.36. The van der Waals surface area contributed by atoms with Crippen LogP contribution in [0.5, 0.6) is 0 Å². The molecular formula is C13H16O6. The van der Waals surface area contributed by atoms with Gasteiger partial charge in [0.15, 0.2) is 5.60 Å². The minimum atomic E-state index is -1.36. The van der Waals surface area contributed by atoms with Crippen molar-refractivity contribution in [3.8, 4) is 0 Å². The molecule has 0 aromatic carbocycles. The summed E-state index contributed by atoms with van der Waals surface area (Å²) in [5.74, 6) is -0.850. The molecule has 0 unspecified atom stereocenters. The van der Waals surface area contributed by atoms with Crippen LogP contribution in [0, 0.1) is 0 Å². The second kappa shape index (κ2) is 5.44. The predicted molar refractivity (Wildman–Crippen MR) is 63.3 cm³/mol. The van der Waals surface area contributed by atoms with E-state index in [-0.39, 0.29) is 12.4 Å². The summed E-state index contributed by atoms with van der Waals surface area (Å²) in [6, 6.07) is 2.97. The van der Waals surface area contributed by atoms with Crippen molar-refractivity contribution < 1.29 is 28.6 Å². The van der Waals surface area contributed by atoms with Crippen LogP contribution in [0.15, 0.2) is 16.5 Å². The number of esters is 2. The molecule has 0 radical (unpaired) electrons. The molecule has 6 heteroatoms. The highest BCUT2D eigenvalue weighted by molar-refractivity contribution is 5.86. The van der Waals surface area contributed by atoms with Gasteiger partial charge in [-0.1, -0.05) is 0 Å². The highest BCUT2D eigenvalue weighted by Gasteiger charge is 2.40. The van der Waals surface area contributed by atoms with Gasteiger partial charge in [0.05, 0.1) is 7.11 Å². The Morgan fingerprint density at radius 2 is 2.05 bits per heavy atom. The third kappa shape index (κ3) is 2.96. The van der Waals surface area contributed by atoms with Crippen LogP contribution in [0.25, 0.3) is 0 Å². The third-order valence-electron chi connectivity index (χ3n) is 3.20. The summed E-state index contributed by atoms with van der Waals surface area (Å²) in [5, 5.41) is 9.99. The molecule has 0 atom stereocenters. The van der Waals surface area contributed by atoms with Gasteiger partial charge in [-0.3, -0.25) is 0 Å². The molecule has 1 N–H and O–H groups in total. The van der Waals surface area contributed by atoms with Crippen molar-refractivity contribution >= 4 is 11.9 Å². The summed E-state index contributed by atoms with van der Waals surface area (Å²) in [5.41, 5.74) is -1.36. The van der Waals surface area contributed by atoms with Gasteiger partial charge < -0.3 is 19.0 Å². The fourth-order valence-corrected chi connectivity index (χ4v) is 2.10. The fourth-order valence-electron chi connectivity index (χ4n) is 2.10. The smallest absolute Gasteiger partial charge is 0.373 e. The molecule has 6 nitrogen and oxygen atoms in total. The van der Waals surface area contributed by atoms with Crippen molar-refractivity contribution in [2.24, 2.45) is 0 Å². The Kier molecular flexibility index (Phi) is 3.90. The number of hydrogen-bond donors (Lipinski definition) is 1. The molecular weight excluding hydrogens is 252 g/mol. The van der Waals surface area contributed by atoms with E-state index in [0.717, 1.165) is 12.8 Å². The number of aliphatic hydroxyl groups is 1. The molecule has 1 aromatic heterocycles. The number of ether oxygens (including phenoxy) is 2. The van der Waals surface area contributed by atoms with E-state index in [1.807, 2.05) is 0 Å². The molecule has 2 rings (SSSR count). The van der Waals surface area contributed by atoms with E-state index < -0.39 is 17.5 Å². The average molecular weight is 268 g/mol. The molecule has 0 aliphatic heterocycles. The first-order valence-electron chi connectivity index (χ1n) is 6.12. The van der Waals surface area contributed by atoms with Crippen LogP contribution in [-0.2, 0) is 20.9 Å². The van der Waals surface area contributed by atoms with Crippen molar-refractivity contribution in [1.82, 2.24) is 0 Å². The molecule has 1 aliphatic rings. The maximum absolute atomic E-state index is 11.7. The van der Waals surface area contributed by atoms with E-state index in [0.29, 0.717) is 18.6 Å². The standard InChI is InChI=1S/C13H16O6/c1-17-11(14)10-5-4-9(19-10)8-18-12(15)13(16)6-2-3-7-13/h4-5,16H,2-3,6-8H2,1H3. The van der Waals surface area contributed by atoms with Crippen LogP contribution in [0.1, 0.15) is 42.0 Å². The zero-order valence-electron chi connectivity index (χ0n) is 10.7. The quantitative estimate of drug-likeness (QED) is 0.831. The monoisotopic (exact) mass is 268 g/mol. The Balaban J connectivity index is 1.90. The van der Waals surface area contributed by atoms with Gasteiger partial charge in [-0.15, -0.1) is 0 Å². The van der Waals surface area contributed by atoms with Crippen LogP contribution < -0.4 is 0 Å². The van der Waals surface area contributed by atoms with Gasteiger partial charge in [-0.2, -0.15) is 0 Å². The van der Waals surface area contributed by atoms with Crippen molar-refractivity contribution in [3.05, 3.63) is 23.7 Å². The molecule has 19 heavy (non-hydrogen) atoms. The molecule has 1 aliphatic carbocycles. The topological polar surface area (TPSA) is 86.0 Å². The van der Waals surface area contributed by atoms with Crippen LogP contribution in [0.3, 0.4) is 0 Å². The SMILES string of the molecule is COC(=O)c1ccc(COC(=O)C2(O)CCCC2)o1. The van der Waals surface area contributed by atoms with E-state index in [2.05, 4.69) is 4.74 Å². The Hall–Kier alpha value is -1.82. The number of furan rings is 1. The molecule has 1 heterocycles. The van der Waals surface area contributed by atoms with Crippen LogP contribution >= 0.6 is 0 Å². The summed E-state index contributed by atoms with van der Waals surface area (Å²) < 4.78 is 14.6. The van der Waals surface area contributed by atoms with E-state index in [1.165, 1.54) is 19.2 Å². The molecule has 1 aromatic rings. The minimum Gasteiger partial charge on any atom is -0.463 e. The second-order valence-corrected chi connectivity index (χ2v) is 4.57. The van der Waals surface area contributed by atoms with Gasteiger partial charge >= 0.3 is 11.9 Å². The van der Waals surface area contributed by atoms with Crippen molar-refractivity contribution in [2.75, 3.05) is 7.11 Å². The first-order valence-corrected chi connectivity index (χ1v) is 6.12. The molecule has 1 saturated carbocycles. The first-order chi connectivity index (χ1) is 9.05. The normalized spacial score (nSPS) is 17.2. The zero-order chi connectivity index (χ0) is 13.9. The van der Waals surface area contributed by atoms with Crippen molar-refractivity contribution in [1.29, 1.82) is 0 Å². The Morgan fingerprint density at radius 3 is 2.68 bits per heavy atom. The Labute approximate surface area is 110 Å². The van der Waals surface area contributed by atoms with E-state index in [4.69, 9.17) is 9.15 Å². The third-order valence-corrected chi connectivity index (χ3v) is 3.20. The van der Waals surface area contributed by atoms with Crippen LogP contribution in [-0.4, -0.2) is 29.8 Å². The molecule has 0 amide bonds. The van der Waals surface area contributed by atoms with Crippen LogP contribution in [0.4, 0.5) is 0 Å². The van der Waals surface area contributed by atoms with Crippen molar-refractivity contribution in [3.63, 3.8) is 0 Å². The molecule has 0 spiro atoms. The number of hydrogen-bond acceptors (Lipinski definition) is 6. The number of rotatable bonds is 4. The fraction of sp³-hybridized carbons (Fsp3) is 0.538. The van der Waals surface area contributed by atoms with Gasteiger partial charge in [0.1, 0.15) is 12.4 Å². The number of methoxy groups -OCH3 is 1. The number of carbonyl (C=O) groups is 2. The van der Waals surface area contributed by atoms with Gasteiger partial charge in [-0.25, -0.2) is 9.59 Å². The summed E-state index contributed by atoms with van der Waals surface area (Å²) >= 11 is 0. The highest BCUT2D eigenvalue weighted by atomic mass is 16.6. The highest BCUT2D eigenvalue weighted by Crippen LogP contribution is 2.30. The van der Waals surface area contributed by atoms with Gasteiger partial charge in [0.25, 0.3) is 0 Å². The van der Waals surface area contributed by atoms with Crippen molar-refractivity contribution in [2.45, 2.75) is 37.9 Å². The predicted octanol–water partition coefficient (Wildman–Crippen LogP) is 1.41. The van der Waals surface area contributed by atoms with E-state index in [1.54, 1.807) is 0 Å². The summed E-state index contributed by atoms with van der Waals surface area (Å²) in [6.45, 7) is -0.113. The summed E-state index contributed by atoms with van der Waals surface area (Å²) in [4.78, 5) is 22.9. The van der Waals surface area contributed by atoms with E-state index >= 15 is 0 Å².